The number of nitrogens with one attached hydrogen (secondary N) is 2. The molecule has 182 valence electrons. The third kappa shape index (κ3) is 5.68. The molecule has 0 radical (unpaired) electrons. The molecule has 1 unspecified atom stereocenters. The first-order valence-electron chi connectivity index (χ1n) is 11.5. The lowest BCUT2D eigenvalue weighted by Gasteiger charge is -2.21. The Kier molecular flexibility index (Phi) is 7.77. The quantitative estimate of drug-likeness (QED) is 0.394. The standard InChI is InChI=1S/C26H27N3O5S/c1-2-7-22(25(31)32)28-24(30)23(12-16-13-27-15-35-16)29-26(33)34-14-21-19-10-5-3-8-17(19)18-9-4-6-11-20(18)21/h3-6,8-11,13,15,21-23H,2,7,12,14H2,1H3,(H,28,30)(H,29,33)(H,31,32)/t22-,23?/m0/s1. The second-order valence-corrected chi connectivity index (χ2v) is 9.35. The Balaban J connectivity index is 1.44. The molecule has 4 rings (SSSR count). The summed E-state index contributed by atoms with van der Waals surface area (Å²) in [6, 6.07) is 14.0. The van der Waals surface area contributed by atoms with Gasteiger partial charge >= 0.3 is 12.1 Å². The molecule has 0 aliphatic heterocycles. The molecular formula is C26H27N3O5S. The molecule has 1 aromatic heterocycles. The summed E-state index contributed by atoms with van der Waals surface area (Å²) in [7, 11) is 0. The number of fused-ring (bicyclic) bond motifs is 3. The average Bonchev–Trinajstić information content (AvgIpc) is 3.48. The van der Waals surface area contributed by atoms with Crippen molar-refractivity contribution in [1.82, 2.24) is 15.6 Å². The summed E-state index contributed by atoms with van der Waals surface area (Å²) >= 11 is 1.35. The van der Waals surface area contributed by atoms with Crippen LogP contribution >= 0.6 is 11.3 Å². The van der Waals surface area contributed by atoms with Gasteiger partial charge in [0.05, 0.1) is 5.51 Å². The van der Waals surface area contributed by atoms with E-state index < -0.39 is 30.1 Å². The summed E-state index contributed by atoms with van der Waals surface area (Å²) in [5.74, 6) is -1.80. The molecule has 0 saturated heterocycles. The van der Waals surface area contributed by atoms with Crippen molar-refractivity contribution in [3.63, 3.8) is 0 Å². The molecule has 2 amide bonds. The highest BCUT2D eigenvalue weighted by Crippen LogP contribution is 2.44. The molecule has 9 heteroatoms. The van der Waals surface area contributed by atoms with Gasteiger partial charge in [0.25, 0.3) is 0 Å². The first kappa shape index (κ1) is 24.4. The second kappa shape index (κ2) is 11.1. The fraction of sp³-hybridized carbons (Fsp3) is 0.308. The number of carbonyl (C=O) groups excluding carboxylic acids is 2. The van der Waals surface area contributed by atoms with E-state index in [9.17, 15) is 19.5 Å². The molecule has 0 spiro atoms. The number of rotatable bonds is 10. The Morgan fingerprint density at radius 3 is 2.26 bits per heavy atom. The number of aromatic nitrogens is 1. The Morgan fingerprint density at radius 2 is 1.69 bits per heavy atom. The van der Waals surface area contributed by atoms with Crippen molar-refractivity contribution >= 4 is 29.3 Å². The lowest BCUT2D eigenvalue weighted by atomic mass is 9.98. The van der Waals surface area contributed by atoms with Gasteiger partial charge in [-0.1, -0.05) is 61.9 Å². The Hall–Kier alpha value is -3.72. The normalized spacial score (nSPS) is 13.9. The molecule has 0 saturated carbocycles. The van der Waals surface area contributed by atoms with E-state index >= 15 is 0 Å². The first-order valence-corrected chi connectivity index (χ1v) is 12.4. The molecule has 2 aromatic carbocycles. The maximum Gasteiger partial charge on any atom is 0.407 e. The van der Waals surface area contributed by atoms with Crippen LogP contribution in [0.4, 0.5) is 4.79 Å². The number of thiazole rings is 1. The van der Waals surface area contributed by atoms with E-state index in [1.54, 1.807) is 11.7 Å². The van der Waals surface area contributed by atoms with Crippen LogP contribution in [0.2, 0.25) is 0 Å². The monoisotopic (exact) mass is 493 g/mol. The van der Waals surface area contributed by atoms with Gasteiger partial charge in [-0.25, -0.2) is 9.59 Å². The van der Waals surface area contributed by atoms with Crippen LogP contribution in [0.15, 0.2) is 60.2 Å². The van der Waals surface area contributed by atoms with Crippen LogP contribution in [0.1, 0.15) is 41.7 Å². The van der Waals surface area contributed by atoms with Crippen molar-refractivity contribution in [3.8, 4) is 11.1 Å². The summed E-state index contributed by atoms with van der Waals surface area (Å²) in [5.41, 5.74) is 6.05. The minimum atomic E-state index is -1.11. The van der Waals surface area contributed by atoms with Crippen LogP contribution in [0.3, 0.4) is 0 Å². The number of alkyl carbamates (subject to hydrolysis) is 1. The van der Waals surface area contributed by atoms with Crippen LogP contribution < -0.4 is 10.6 Å². The van der Waals surface area contributed by atoms with Gasteiger partial charge in [0, 0.05) is 23.4 Å². The third-order valence-corrected chi connectivity index (χ3v) is 6.83. The topological polar surface area (TPSA) is 118 Å². The van der Waals surface area contributed by atoms with E-state index in [0.29, 0.717) is 12.8 Å². The van der Waals surface area contributed by atoms with E-state index in [1.807, 2.05) is 43.3 Å². The maximum absolute atomic E-state index is 12.9. The van der Waals surface area contributed by atoms with Crippen molar-refractivity contribution in [2.75, 3.05) is 6.61 Å². The number of carboxylic acids is 1. The van der Waals surface area contributed by atoms with Crippen molar-refractivity contribution in [2.24, 2.45) is 0 Å². The average molecular weight is 494 g/mol. The highest BCUT2D eigenvalue weighted by molar-refractivity contribution is 7.09. The van der Waals surface area contributed by atoms with Crippen LogP contribution in [-0.4, -0.2) is 46.8 Å². The van der Waals surface area contributed by atoms with Gasteiger partial charge in [0.15, 0.2) is 0 Å². The number of nitrogens with zero attached hydrogens (tertiary/aromatic N) is 1. The summed E-state index contributed by atoms with van der Waals surface area (Å²) in [6.07, 6.45) is 1.94. The summed E-state index contributed by atoms with van der Waals surface area (Å²) < 4.78 is 5.58. The van der Waals surface area contributed by atoms with Gasteiger partial charge in [-0.05, 0) is 28.7 Å². The molecule has 1 aliphatic rings. The van der Waals surface area contributed by atoms with Crippen molar-refractivity contribution in [3.05, 3.63) is 76.2 Å². The van der Waals surface area contributed by atoms with Gasteiger partial charge in [-0.15, -0.1) is 11.3 Å². The van der Waals surface area contributed by atoms with E-state index in [4.69, 9.17) is 4.74 Å². The molecule has 8 nitrogen and oxygen atoms in total. The zero-order valence-corrected chi connectivity index (χ0v) is 20.1. The molecule has 35 heavy (non-hydrogen) atoms. The zero-order valence-electron chi connectivity index (χ0n) is 19.3. The SMILES string of the molecule is CCC[C@H](NC(=O)C(Cc1cncs1)NC(=O)OCC1c2ccccc2-c2ccccc21)C(=O)O. The summed E-state index contributed by atoms with van der Waals surface area (Å²) in [6.45, 7) is 1.95. The van der Waals surface area contributed by atoms with Crippen LogP contribution in [0, 0.1) is 0 Å². The molecule has 0 bridgehead atoms. The molecule has 0 fully saturated rings. The van der Waals surface area contributed by atoms with Gasteiger partial charge < -0.3 is 20.5 Å². The van der Waals surface area contributed by atoms with Crippen molar-refractivity contribution in [1.29, 1.82) is 0 Å². The minimum absolute atomic E-state index is 0.108. The number of hydrogen-bond donors (Lipinski definition) is 3. The number of hydrogen-bond acceptors (Lipinski definition) is 6. The molecular weight excluding hydrogens is 466 g/mol. The number of aliphatic carboxylic acids is 1. The van der Waals surface area contributed by atoms with Crippen LogP contribution in [0.5, 0.6) is 0 Å². The van der Waals surface area contributed by atoms with Gasteiger partial charge in [-0.2, -0.15) is 0 Å². The van der Waals surface area contributed by atoms with Crippen molar-refractivity contribution in [2.45, 2.75) is 44.2 Å². The zero-order chi connectivity index (χ0) is 24.8. The highest BCUT2D eigenvalue weighted by Gasteiger charge is 2.31. The van der Waals surface area contributed by atoms with Gasteiger partial charge in [0.2, 0.25) is 5.91 Å². The van der Waals surface area contributed by atoms with E-state index in [-0.39, 0.29) is 18.9 Å². The Bertz CT molecular complexity index is 1150. The van der Waals surface area contributed by atoms with Gasteiger partial charge in [0.1, 0.15) is 18.7 Å². The van der Waals surface area contributed by atoms with E-state index in [0.717, 1.165) is 27.1 Å². The van der Waals surface area contributed by atoms with E-state index in [1.165, 1.54) is 11.3 Å². The molecule has 1 aliphatic carbocycles. The number of carboxylic acid groups (broad SMARTS) is 1. The predicted octanol–water partition coefficient (Wildman–Crippen LogP) is 3.96. The Labute approximate surface area is 207 Å². The fourth-order valence-electron chi connectivity index (χ4n) is 4.35. The largest absolute Gasteiger partial charge is 0.480 e. The number of carbonyl (C=O) groups is 3. The van der Waals surface area contributed by atoms with Crippen LogP contribution in [-0.2, 0) is 20.7 Å². The van der Waals surface area contributed by atoms with Gasteiger partial charge in [-0.3, -0.25) is 9.78 Å². The summed E-state index contributed by atoms with van der Waals surface area (Å²) in [4.78, 5) is 42.0. The maximum atomic E-state index is 12.9. The number of benzene rings is 2. The third-order valence-electron chi connectivity index (χ3n) is 6.03. The molecule has 3 N–H and O–H groups in total. The van der Waals surface area contributed by atoms with E-state index in [2.05, 4.69) is 27.8 Å². The minimum Gasteiger partial charge on any atom is -0.480 e. The lowest BCUT2D eigenvalue weighted by Crippen LogP contribution is -2.52. The first-order chi connectivity index (χ1) is 17.0. The van der Waals surface area contributed by atoms with Crippen LogP contribution in [0.25, 0.3) is 11.1 Å². The summed E-state index contributed by atoms with van der Waals surface area (Å²) in [5, 5.41) is 14.6. The molecule has 2 atom stereocenters. The number of ether oxygens (including phenoxy) is 1. The number of amides is 2. The predicted molar refractivity (Wildman–Crippen MR) is 132 cm³/mol. The Morgan fingerprint density at radius 1 is 1.03 bits per heavy atom. The second-order valence-electron chi connectivity index (χ2n) is 8.38. The molecule has 1 heterocycles. The highest BCUT2D eigenvalue weighted by atomic mass is 32.1. The molecule has 3 aromatic rings. The van der Waals surface area contributed by atoms with Crippen molar-refractivity contribution < 1.29 is 24.2 Å². The fourth-order valence-corrected chi connectivity index (χ4v) is 5.00. The smallest absolute Gasteiger partial charge is 0.407 e. The lowest BCUT2D eigenvalue weighted by molar-refractivity contribution is -0.142.